The first-order chi connectivity index (χ1) is 11.0. The fourth-order valence-electron chi connectivity index (χ4n) is 2.74. The van der Waals surface area contributed by atoms with Crippen molar-refractivity contribution in [1.82, 2.24) is 10.2 Å². The largest absolute Gasteiger partial charge is 0.331 e. The number of nitro benzene ring substituents is 1. The number of urea groups is 1. The first-order valence-electron chi connectivity index (χ1n) is 7.41. The summed E-state index contributed by atoms with van der Waals surface area (Å²) in [5, 5.41) is 13.7. The maximum Gasteiger partial charge on any atom is 0.318 e. The summed E-state index contributed by atoms with van der Waals surface area (Å²) in [7, 11) is 0. The molecule has 0 bridgehead atoms. The third kappa shape index (κ3) is 3.15. The van der Waals surface area contributed by atoms with E-state index in [1.807, 2.05) is 31.2 Å². The van der Waals surface area contributed by atoms with Crippen molar-refractivity contribution in [3.8, 4) is 0 Å². The minimum atomic E-state index is -0.435. The van der Waals surface area contributed by atoms with Crippen molar-refractivity contribution in [1.29, 1.82) is 0 Å². The number of non-ortho nitro benzene ring substituents is 1. The van der Waals surface area contributed by atoms with Crippen LogP contribution in [0.1, 0.15) is 29.7 Å². The average molecular weight is 311 g/mol. The van der Waals surface area contributed by atoms with Crippen LogP contribution in [0.5, 0.6) is 0 Å². The third-order valence-corrected chi connectivity index (χ3v) is 4.05. The summed E-state index contributed by atoms with van der Waals surface area (Å²) in [6.07, 6.45) is 0. The summed E-state index contributed by atoms with van der Waals surface area (Å²) < 4.78 is 0. The van der Waals surface area contributed by atoms with E-state index < -0.39 is 4.92 Å². The Morgan fingerprint density at radius 2 is 1.83 bits per heavy atom. The van der Waals surface area contributed by atoms with E-state index in [0.29, 0.717) is 18.7 Å². The van der Waals surface area contributed by atoms with Crippen LogP contribution in [0, 0.1) is 10.1 Å². The van der Waals surface area contributed by atoms with Gasteiger partial charge in [0.25, 0.3) is 5.69 Å². The molecular weight excluding hydrogens is 294 g/mol. The molecule has 0 spiro atoms. The average Bonchev–Trinajstić information content (AvgIpc) is 2.99. The van der Waals surface area contributed by atoms with E-state index in [1.54, 1.807) is 17.0 Å². The molecule has 118 valence electrons. The number of rotatable bonds is 3. The molecule has 0 unspecified atom stereocenters. The van der Waals surface area contributed by atoms with Gasteiger partial charge in [-0.3, -0.25) is 10.1 Å². The lowest BCUT2D eigenvalue weighted by Crippen LogP contribution is -2.37. The highest BCUT2D eigenvalue weighted by molar-refractivity contribution is 5.75. The summed E-state index contributed by atoms with van der Waals surface area (Å²) in [6, 6.07) is 13.8. The van der Waals surface area contributed by atoms with Crippen LogP contribution in [0.3, 0.4) is 0 Å². The van der Waals surface area contributed by atoms with Gasteiger partial charge in [-0.15, -0.1) is 0 Å². The molecule has 6 heteroatoms. The van der Waals surface area contributed by atoms with Crippen molar-refractivity contribution in [3.05, 3.63) is 75.3 Å². The van der Waals surface area contributed by atoms with Gasteiger partial charge in [0.2, 0.25) is 0 Å². The maximum absolute atomic E-state index is 12.4. The molecule has 2 aromatic carbocycles. The first kappa shape index (κ1) is 15.0. The van der Waals surface area contributed by atoms with Crippen LogP contribution in [0.25, 0.3) is 0 Å². The minimum absolute atomic E-state index is 0.0252. The number of carbonyl (C=O) groups is 1. The predicted octanol–water partition coefficient (Wildman–Crippen LogP) is 3.38. The number of carbonyl (C=O) groups excluding carboxylic acids is 1. The normalized spacial score (nSPS) is 14.2. The van der Waals surface area contributed by atoms with E-state index in [4.69, 9.17) is 0 Å². The molecule has 23 heavy (non-hydrogen) atoms. The van der Waals surface area contributed by atoms with Gasteiger partial charge in [-0.25, -0.2) is 4.79 Å². The van der Waals surface area contributed by atoms with Crippen molar-refractivity contribution in [2.45, 2.75) is 26.1 Å². The van der Waals surface area contributed by atoms with E-state index in [1.165, 1.54) is 12.1 Å². The van der Waals surface area contributed by atoms with Gasteiger partial charge in [0, 0.05) is 25.2 Å². The lowest BCUT2D eigenvalue weighted by Gasteiger charge is -2.20. The van der Waals surface area contributed by atoms with Crippen LogP contribution in [0.4, 0.5) is 10.5 Å². The van der Waals surface area contributed by atoms with Crippen LogP contribution < -0.4 is 5.32 Å². The fraction of sp³-hybridized carbons (Fsp3) is 0.235. The Labute approximate surface area is 133 Å². The minimum Gasteiger partial charge on any atom is -0.331 e. The summed E-state index contributed by atoms with van der Waals surface area (Å²) in [5.74, 6) is 0. The molecule has 3 rings (SSSR count). The summed E-state index contributed by atoms with van der Waals surface area (Å²) in [6.45, 7) is 2.99. The smallest absolute Gasteiger partial charge is 0.318 e. The lowest BCUT2D eigenvalue weighted by molar-refractivity contribution is -0.384. The zero-order chi connectivity index (χ0) is 16.4. The lowest BCUT2D eigenvalue weighted by atomic mass is 10.1. The molecule has 0 fully saturated rings. The Bertz CT molecular complexity index is 735. The topological polar surface area (TPSA) is 75.5 Å². The third-order valence-electron chi connectivity index (χ3n) is 4.05. The summed E-state index contributed by atoms with van der Waals surface area (Å²) in [4.78, 5) is 24.5. The molecule has 2 amide bonds. The van der Waals surface area contributed by atoms with Crippen LogP contribution in [-0.4, -0.2) is 15.9 Å². The highest BCUT2D eigenvalue weighted by Gasteiger charge is 2.24. The van der Waals surface area contributed by atoms with Gasteiger partial charge in [-0.2, -0.15) is 0 Å². The molecule has 0 saturated carbocycles. The highest BCUT2D eigenvalue weighted by atomic mass is 16.6. The number of hydrogen-bond acceptors (Lipinski definition) is 3. The monoisotopic (exact) mass is 311 g/mol. The number of hydrogen-bond donors (Lipinski definition) is 1. The number of nitrogens with zero attached hydrogens (tertiary/aromatic N) is 2. The van der Waals surface area contributed by atoms with E-state index in [2.05, 4.69) is 5.32 Å². The molecule has 1 heterocycles. The van der Waals surface area contributed by atoms with Gasteiger partial charge < -0.3 is 10.2 Å². The highest BCUT2D eigenvalue weighted by Crippen LogP contribution is 2.23. The number of benzene rings is 2. The molecular formula is C17H17N3O3. The molecule has 1 atom stereocenters. The number of amides is 2. The molecule has 0 aromatic heterocycles. The SMILES string of the molecule is C[C@H](NC(=O)N1Cc2ccccc2C1)c1cccc([N+](=O)[O-])c1. The van der Waals surface area contributed by atoms with Crippen LogP contribution in [0.2, 0.25) is 0 Å². The molecule has 1 aliphatic rings. The maximum atomic E-state index is 12.4. The quantitative estimate of drug-likeness (QED) is 0.697. The fourth-order valence-corrected chi connectivity index (χ4v) is 2.74. The van der Waals surface area contributed by atoms with Crippen molar-refractivity contribution >= 4 is 11.7 Å². The summed E-state index contributed by atoms with van der Waals surface area (Å²) in [5.41, 5.74) is 3.05. The van der Waals surface area contributed by atoms with E-state index >= 15 is 0 Å². The van der Waals surface area contributed by atoms with Gasteiger partial charge in [-0.05, 0) is 23.6 Å². The molecule has 0 radical (unpaired) electrons. The van der Waals surface area contributed by atoms with E-state index in [-0.39, 0.29) is 17.8 Å². The van der Waals surface area contributed by atoms with Crippen molar-refractivity contribution in [2.75, 3.05) is 0 Å². The van der Waals surface area contributed by atoms with Crippen molar-refractivity contribution in [3.63, 3.8) is 0 Å². The molecule has 6 nitrogen and oxygen atoms in total. The second kappa shape index (κ2) is 6.08. The molecule has 1 N–H and O–H groups in total. The van der Waals surface area contributed by atoms with Gasteiger partial charge in [0.05, 0.1) is 11.0 Å². The van der Waals surface area contributed by atoms with Crippen LogP contribution >= 0.6 is 0 Å². The Balaban J connectivity index is 1.67. The van der Waals surface area contributed by atoms with Crippen LogP contribution in [0.15, 0.2) is 48.5 Å². The molecule has 1 aliphatic heterocycles. The second-order valence-corrected chi connectivity index (χ2v) is 5.65. The zero-order valence-electron chi connectivity index (χ0n) is 12.7. The number of nitrogens with one attached hydrogen (secondary N) is 1. The number of nitro groups is 1. The van der Waals surface area contributed by atoms with Gasteiger partial charge in [0.1, 0.15) is 0 Å². The molecule has 2 aromatic rings. The predicted molar refractivity (Wildman–Crippen MR) is 85.7 cm³/mol. The first-order valence-corrected chi connectivity index (χ1v) is 7.41. The van der Waals surface area contributed by atoms with E-state index in [0.717, 1.165) is 11.1 Å². The Morgan fingerprint density at radius 3 is 2.43 bits per heavy atom. The second-order valence-electron chi connectivity index (χ2n) is 5.65. The summed E-state index contributed by atoms with van der Waals surface area (Å²) >= 11 is 0. The zero-order valence-corrected chi connectivity index (χ0v) is 12.7. The number of fused-ring (bicyclic) bond motifs is 1. The molecule has 0 aliphatic carbocycles. The Morgan fingerprint density at radius 1 is 1.17 bits per heavy atom. The van der Waals surface area contributed by atoms with Gasteiger partial charge >= 0.3 is 6.03 Å². The standard InChI is InChI=1S/C17H17N3O3/c1-12(13-7-4-8-16(9-13)20(22)23)18-17(21)19-10-14-5-2-3-6-15(14)11-19/h2-9,12H,10-11H2,1H3,(H,18,21)/t12-/m0/s1. The van der Waals surface area contributed by atoms with E-state index in [9.17, 15) is 14.9 Å². The molecule has 0 saturated heterocycles. The Kier molecular flexibility index (Phi) is 3.97. The van der Waals surface area contributed by atoms with Crippen molar-refractivity contribution in [2.24, 2.45) is 0 Å². The van der Waals surface area contributed by atoms with Crippen LogP contribution in [-0.2, 0) is 13.1 Å². The van der Waals surface area contributed by atoms with Gasteiger partial charge in [0.15, 0.2) is 0 Å². The Hall–Kier alpha value is -2.89. The van der Waals surface area contributed by atoms with Crippen molar-refractivity contribution < 1.29 is 9.72 Å². The van der Waals surface area contributed by atoms with Gasteiger partial charge in [-0.1, -0.05) is 36.4 Å².